The highest BCUT2D eigenvalue weighted by Crippen LogP contribution is 2.33. The van der Waals surface area contributed by atoms with E-state index in [1.54, 1.807) is 30.3 Å². The number of halogens is 2. The van der Waals surface area contributed by atoms with Gasteiger partial charge in [0.15, 0.2) is 0 Å². The SMILES string of the molecule is Cc1ccc(Nc2ncnc(Nc3ccc(Cl)cn3)c2[N+](=O)[O-])cc1Cl. The summed E-state index contributed by atoms with van der Waals surface area (Å²) in [6.07, 6.45) is 2.63. The topological polar surface area (TPSA) is 106 Å². The third-order valence-electron chi connectivity index (χ3n) is 3.41. The van der Waals surface area contributed by atoms with Crippen LogP contribution in [0.2, 0.25) is 10.0 Å². The minimum Gasteiger partial charge on any atom is -0.334 e. The highest BCUT2D eigenvalue weighted by atomic mass is 35.5. The van der Waals surface area contributed by atoms with Gasteiger partial charge >= 0.3 is 5.69 Å². The van der Waals surface area contributed by atoms with Crippen LogP contribution in [-0.4, -0.2) is 19.9 Å². The van der Waals surface area contributed by atoms with E-state index in [4.69, 9.17) is 23.2 Å². The lowest BCUT2D eigenvalue weighted by atomic mass is 10.2. The molecule has 26 heavy (non-hydrogen) atoms. The van der Waals surface area contributed by atoms with E-state index in [0.29, 0.717) is 21.6 Å². The van der Waals surface area contributed by atoms with Crippen LogP contribution in [0, 0.1) is 17.0 Å². The first-order chi connectivity index (χ1) is 12.4. The summed E-state index contributed by atoms with van der Waals surface area (Å²) in [6, 6.07) is 8.41. The van der Waals surface area contributed by atoms with Crippen LogP contribution in [0.15, 0.2) is 42.9 Å². The van der Waals surface area contributed by atoms with Crippen molar-refractivity contribution in [3.05, 3.63) is 68.6 Å². The molecule has 2 aromatic heterocycles. The average molecular weight is 391 g/mol. The fourth-order valence-electron chi connectivity index (χ4n) is 2.11. The molecule has 0 saturated heterocycles. The molecule has 3 rings (SSSR count). The number of hydrogen-bond donors (Lipinski definition) is 2. The molecule has 0 radical (unpaired) electrons. The molecule has 0 spiro atoms. The summed E-state index contributed by atoms with van der Waals surface area (Å²) in [4.78, 5) is 23.0. The van der Waals surface area contributed by atoms with Gasteiger partial charge in [-0.1, -0.05) is 29.3 Å². The number of pyridine rings is 1. The fraction of sp³-hybridized carbons (Fsp3) is 0.0625. The minimum atomic E-state index is -0.573. The maximum atomic E-state index is 11.6. The average Bonchev–Trinajstić information content (AvgIpc) is 2.60. The van der Waals surface area contributed by atoms with E-state index in [1.807, 2.05) is 6.92 Å². The molecule has 2 heterocycles. The predicted molar refractivity (Wildman–Crippen MR) is 101 cm³/mol. The molecule has 132 valence electrons. The molecule has 2 N–H and O–H groups in total. The molecular formula is C16H12Cl2N6O2. The number of anilines is 4. The molecule has 0 aliphatic heterocycles. The first-order valence-corrected chi connectivity index (χ1v) is 8.11. The Hall–Kier alpha value is -2.97. The second-order valence-electron chi connectivity index (χ2n) is 5.25. The summed E-state index contributed by atoms with van der Waals surface area (Å²) >= 11 is 11.9. The molecule has 0 fully saturated rings. The molecule has 0 aliphatic carbocycles. The molecular weight excluding hydrogens is 379 g/mol. The molecule has 0 aliphatic rings. The normalized spacial score (nSPS) is 10.4. The number of aromatic nitrogens is 3. The lowest BCUT2D eigenvalue weighted by Crippen LogP contribution is -2.06. The van der Waals surface area contributed by atoms with Gasteiger partial charge in [0.2, 0.25) is 11.6 Å². The summed E-state index contributed by atoms with van der Waals surface area (Å²) in [5.41, 5.74) is 1.14. The molecule has 0 amide bonds. The van der Waals surface area contributed by atoms with Gasteiger partial charge in [0.25, 0.3) is 0 Å². The molecule has 1 aromatic carbocycles. The van der Waals surface area contributed by atoms with E-state index in [-0.39, 0.29) is 17.3 Å². The van der Waals surface area contributed by atoms with Crippen molar-refractivity contribution in [1.82, 2.24) is 15.0 Å². The zero-order valence-electron chi connectivity index (χ0n) is 13.4. The quantitative estimate of drug-likeness (QED) is 0.472. The second kappa shape index (κ2) is 7.51. The van der Waals surface area contributed by atoms with E-state index >= 15 is 0 Å². The third kappa shape index (κ3) is 3.98. The van der Waals surface area contributed by atoms with E-state index in [2.05, 4.69) is 25.6 Å². The molecule has 10 heteroatoms. The highest BCUT2D eigenvalue weighted by molar-refractivity contribution is 6.31. The highest BCUT2D eigenvalue weighted by Gasteiger charge is 2.23. The van der Waals surface area contributed by atoms with Gasteiger partial charge in [0.1, 0.15) is 12.1 Å². The summed E-state index contributed by atoms with van der Waals surface area (Å²) < 4.78 is 0. The van der Waals surface area contributed by atoms with E-state index in [9.17, 15) is 10.1 Å². The largest absolute Gasteiger partial charge is 0.353 e. The number of aryl methyl sites for hydroxylation is 1. The van der Waals surface area contributed by atoms with Crippen molar-refractivity contribution in [3.8, 4) is 0 Å². The number of nitro groups is 1. The Labute approximate surface area is 158 Å². The Kier molecular flexibility index (Phi) is 5.15. The van der Waals surface area contributed by atoms with Gasteiger partial charge in [-0.05, 0) is 36.8 Å². The molecule has 3 aromatic rings. The second-order valence-corrected chi connectivity index (χ2v) is 6.10. The zero-order valence-corrected chi connectivity index (χ0v) is 14.9. The Morgan fingerprint density at radius 3 is 2.38 bits per heavy atom. The Morgan fingerprint density at radius 1 is 1.04 bits per heavy atom. The third-order valence-corrected chi connectivity index (χ3v) is 4.04. The van der Waals surface area contributed by atoms with E-state index in [0.717, 1.165) is 5.56 Å². The Balaban J connectivity index is 1.96. The maximum Gasteiger partial charge on any atom is 0.353 e. The lowest BCUT2D eigenvalue weighted by Gasteiger charge is -2.10. The Morgan fingerprint density at radius 2 is 1.77 bits per heavy atom. The van der Waals surface area contributed by atoms with Crippen molar-refractivity contribution < 1.29 is 4.92 Å². The van der Waals surface area contributed by atoms with Crippen LogP contribution in [0.4, 0.5) is 28.8 Å². The van der Waals surface area contributed by atoms with Crippen LogP contribution < -0.4 is 10.6 Å². The van der Waals surface area contributed by atoms with Gasteiger partial charge < -0.3 is 10.6 Å². The van der Waals surface area contributed by atoms with Gasteiger partial charge in [-0.25, -0.2) is 15.0 Å². The number of hydrogen-bond acceptors (Lipinski definition) is 7. The van der Waals surface area contributed by atoms with Gasteiger partial charge in [-0.15, -0.1) is 0 Å². The standard InChI is InChI=1S/C16H12Cl2N6O2/c1-9-2-4-11(6-12(9)18)22-15-14(24(25)26)16(21-8-20-15)23-13-5-3-10(17)7-19-13/h2-8H,1H3,(H2,19,20,21,22,23). The lowest BCUT2D eigenvalue weighted by molar-refractivity contribution is -0.383. The maximum absolute atomic E-state index is 11.6. The van der Waals surface area contributed by atoms with Crippen LogP contribution in [0.5, 0.6) is 0 Å². The van der Waals surface area contributed by atoms with Crippen LogP contribution in [0.1, 0.15) is 5.56 Å². The number of nitrogens with zero attached hydrogens (tertiary/aromatic N) is 4. The molecule has 0 atom stereocenters. The number of nitrogens with one attached hydrogen (secondary N) is 2. The summed E-state index contributed by atoms with van der Waals surface area (Å²) in [7, 11) is 0. The first-order valence-electron chi connectivity index (χ1n) is 7.35. The summed E-state index contributed by atoms with van der Waals surface area (Å²) in [6.45, 7) is 1.86. The predicted octanol–water partition coefficient (Wildman–Crippen LogP) is 4.88. The van der Waals surface area contributed by atoms with Crippen LogP contribution in [0.3, 0.4) is 0 Å². The summed E-state index contributed by atoms with van der Waals surface area (Å²) in [5.74, 6) is 0.391. The van der Waals surface area contributed by atoms with Crippen LogP contribution in [-0.2, 0) is 0 Å². The van der Waals surface area contributed by atoms with Gasteiger partial charge in [0, 0.05) is 16.9 Å². The smallest absolute Gasteiger partial charge is 0.334 e. The molecule has 0 saturated carbocycles. The van der Waals surface area contributed by atoms with Gasteiger partial charge in [-0.3, -0.25) is 10.1 Å². The summed E-state index contributed by atoms with van der Waals surface area (Å²) in [5, 5.41) is 18.3. The Bertz CT molecular complexity index is 965. The fourth-order valence-corrected chi connectivity index (χ4v) is 2.41. The number of rotatable bonds is 5. The molecule has 0 unspecified atom stereocenters. The van der Waals surface area contributed by atoms with Crippen molar-refractivity contribution in [2.24, 2.45) is 0 Å². The van der Waals surface area contributed by atoms with Gasteiger partial charge in [-0.2, -0.15) is 0 Å². The van der Waals surface area contributed by atoms with Crippen molar-refractivity contribution in [2.75, 3.05) is 10.6 Å². The van der Waals surface area contributed by atoms with Crippen molar-refractivity contribution in [3.63, 3.8) is 0 Å². The van der Waals surface area contributed by atoms with E-state index in [1.165, 1.54) is 12.5 Å². The van der Waals surface area contributed by atoms with Crippen molar-refractivity contribution >= 4 is 52.0 Å². The van der Waals surface area contributed by atoms with Crippen LogP contribution in [0.25, 0.3) is 0 Å². The van der Waals surface area contributed by atoms with Crippen LogP contribution >= 0.6 is 23.2 Å². The van der Waals surface area contributed by atoms with E-state index < -0.39 is 4.92 Å². The first kappa shape index (κ1) is 17.8. The van der Waals surface area contributed by atoms with Gasteiger partial charge in [0.05, 0.1) is 9.95 Å². The van der Waals surface area contributed by atoms with Crippen molar-refractivity contribution in [2.45, 2.75) is 6.92 Å². The molecule has 0 bridgehead atoms. The van der Waals surface area contributed by atoms with Crippen molar-refractivity contribution in [1.29, 1.82) is 0 Å². The zero-order chi connectivity index (χ0) is 18.7. The monoisotopic (exact) mass is 390 g/mol. The minimum absolute atomic E-state index is 0.000492. The number of benzene rings is 1. The molecule has 8 nitrogen and oxygen atoms in total.